The Hall–Kier alpha value is -2.34. The normalized spacial score (nSPS) is 10.8. The van der Waals surface area contributed by atoms with Crippen molar-refractivity contribution in [3.63, 3.8) is 0 Å². The Labute approximate surface area is 112 Å². The number of aromatic amines is 1. The summed E-state index contributed by atoms with van der Waals surface area (Å²) in [5.41, 5.74) is 2.35. The van der Waals surface area contributed by atoms with Crippen molar-refractivity contribution >= 4 is 34.2 Å². The van der Waals surface area contributed by atoms with Crippen LogP contribution in [0.2, 0.25) is 5.28 Å². The summed E-state index contributed by atoms with van der Waals surface area (Å²) in [5.74, 6) is 0.253. The number of aromatic nitrogens is 3. The molecule has 0 saturated carbocycles. The molecule has 0 unspecified atom stereocenters. The number of hydrogen-bond donors (Lipinski definition) is 2. The lowest BCUT2D eigenvalue weighted by Gasteiger charge is -2.02. The van der Waals surface area contributed by atoms with Gasteiger partial charge in [0.1, 0.15) is 5.76 Å². The molecule has 0 aliphatic rings. The lowest BCUT2D eigenvalue weighted by atomic mass is 10.2. The molecular formula is C12H9ClN4O2. The maximum Gasteiger partial charge on any atom is 0.277 e. The first-order chi connectivity index (χ1) is 9.11. The summed E-state index contributed by atoms with van der Waals surface area (Å²) in [6, 6.07) is 6.83. The molecule has 0 saturated heterocycles. The summed E-state index contributed by atoms with van der Waals surface area (Å²) in [5, 5.41) is 6.68. The molecule has 1 amide bonds. The summed E-state index contributed by atoms with van der Waals surface area (Å²) in [7, 11) is 0. The number of rotatable bonds is 2. The molecule has 2 heterocycles. The fourth-order valence-electron chi connectivity index (χ4n) is 1.72. The van der Waals surface area contributed by atoms with E-state index in [4.69, 9.17) is 16.1 Å². The van der Waals surface area contributed by atoms with E-state index >= 15 is 0 Å². The van der Waals surface area contributed by atoms with E-state index in [1.54, 1.807) is 31.2 Å². The number of halogens is 1. The summed E-state index contributed by atoms with van der Waals surface area (Å²) in [4.78, 5) is 18.8. The van der Waals surface area contributed by atoms with Gasteiger partial charge in [-0.25, -0.2) is 4.98 Å². The summed E-state index contributed by atoms with van der Waals surface area (Å²) in [6.07, 6.45) is 0. The number of amides is 1. The molecule has 0 fully saturated rings. The van der Waals surface area contributed by atoms with Crippen LogP contribution in [-0.4, -0.2) is 21.0 Å². The number of hydrogen-bond acceptors (Lipinski definition) is 4. The molecule has 2 aromatic heterocycles. The van der Waals surface area contributed by atoms with Gasteiger partial charge in [0.2, 0.25) is 5.28 Å². The van der Waals surface area contributed by atoms with Crippen LogP contribution in [0.1, 0.15) is 16.2 Å². The predicted octanol–water partition coefficient (Wildman–Crippen LogP) is 2.77. The highest BCUT2D eigenvalue weighted by Crippen LogP contribution is 2.19. The summed E-state index contributed by atoms with van der Waals surface area (Å²) < 4.78 is 4.85. The van der Waals surface area contributed by atoms with Crippen LogP contribution in [0.3, 0.4) is 0 Å². The highest BCUT2D eigenvalue weighted by Gasteiger charge is 2.11. The van der Waals surface area contributed by atoms with E-state index in [-0.39, 0.29) is 11.6 Å². The standard InChI is InChI=1S/C12H9ClN4O2/c1-6-4-10(17-19-6)11(18)14-7-2-3-8-9(5-7)16-12(13)15-8/h2-5H,1H3,(H,14,18)(H,15,16). The molecule has 3 aromatic rings. The zero-order valence-corrected chi connectivity index (χ0v) is 10.7. The molecule has 0 atom stereocenters. The van der Waals surface area contributed by atoms with Crippen LogP contribution >= 0.6 is 11.6 Å². The number of fused-ring (bicyclic) bond motifs is 1. The van der Waals surface area contributed by atoms with Crippen molar-refractivity contribution in [3.8, 4) is 0 Å². The van der Waals surface area contributed by atoms with Gasteiger partial charge in [-0.05, 0) is 36.7 Å². The number of anilines is 1. The summed E-state index contributed by atoms with van der Waals surface area (Å²) in [6.45, 7) is 1.72. The second-order valence-corrected chi connectivity index (χ2v) is 4.39. The van der Waals surface area contributed by atoms with E-state index in [9.17, 15) is 4.79 Å². The van der Waals surface area contributed by atoms with E-state index in [2.05, 4.69) is 20.4 Å². The van der Waals surface area contributed by atoms with E-state index in [0.717, 1.165) is 11.0 Å². The van der Waals surface area contributed by atoms with Crippen molar-refractivity contribution in [3.05, 3.63) is 41.0 Å². The fourth-order valence-corrected chi connectivity index (χ4v) is 1.92. The third-order valence-electron chi connectivity index (χ3n) is 2.57. The van der Waals surface area contributed by atoms with Crippen LogP contribution in [0.25, 0.3) is 11.0 Å². The van der Waals surface area contributed by atoms with Gasteiger partial charge in [0.15, 0.2) is 5.69 Å². The minimum atomic E-state index is -0.332. The molecular weight excluding hydrogens is 268 g/mol. The first kappa shape index (κ1) is 11.7. The molecule has 7 heteroatoms. The van der Waals surface area contributed by atoms with Gasteiger partial charge in [-0.3, -0.25) is 4.79 Å². The second kappa shape index (κ2) is 4.40. The molecule has 0 aliphatic heterocycles. The maximum atomic E-state index is 11.9. The van der Waals surface area contributed by atoms with Gasteiger partial charge in [0.05, 0.1) is 11.0 Å². The topological polar surface area (TPSA) is 83.8 Å². The number of carbonyl (C=O) groups is 1. The Balaban J connectivity index is 1.86. The number of imidazole rings is 1. The molecule has 96 valence electrons. The van der Waals surface area contributed by atoms with Gasteiger partial charge in [0, 0.05) is 11.8 Å². The van der Waals surface area contributed by atoms with E-state index in [1.807, 2.05) is 0 Å². The molecule has 0 spiro atoms. The quantitative estimate of drug-likeness (QED) is 0.754. The number of benzene rings is 1. The monoisotopic (exact) mass is 276 g/mol. The average molecular weight is 277 g/mol. The third kappa shape index (κ3) is 2.30. The van der Waals surface area contributed by atoms with Gasteiger partial charge in [-0.15, -0.1) is 0 Å². The fraction of sp³-hybridized carbons (Fsp3) is 0.0833. The first-order valence-electron chi connectivity index (χ1n) is 5.52. The Morgan fingerprint density at radius 3 is 3.00 bits per heavy atom. The van der Waals surface area contributed by atoms with Crippen LogP contribution in [-0.2, 0) is 0 Å². The van der Waals surface area contributed by atoms with Crippen LogP contribution in [0.4, 0.5) is 5.69 Å². The van der Waals surface area contributed by atoms with Crippen molar-refractivity contribution in [1.82, 2.24) is 15.1 Å². The molecule has 1 aromatic carbocycles. The zero-order chi connectivity index (χ0) is 13.4. The third-order valence-corrected chi connectivity index (χ3v) is 2.75. The van der Waals surface area contributed by atoms with Crippen molar-refractivity contribution in [2.45, 2.75) is 6.92 Å². The lowest BCUT2D eigenvalue weighted by Crippen LogP contribution is -2.12. The van der Waals surface area contributed by atoms with Crippen molar-refractivity contribution in [2.75, 3.05) is 5.32 Å². The first-order valence-corrected chi connectivity index (χ1v) is 5.89. The van der Waals surface area contributed by atoms with Crippen LogP contribution in [0.5, 0.6) is 0 Å². The minimum absolute atomic E-state index is 0.236. The van der Waals surface area contributed by atoms with Crippen molar-refractivity contribution in [1.29, 1.82) is 0 Å². The van der Waals surface area contributed by atoms with Crippen molar-refractivity contribution < 1.29 is 9.32 Å². The highest BCUT2D eigenvalue weighted by molar-refractivity contribution is 6.29. The SMILES string of the molecule is Cc1cc(C(=O)Nc2ccc3nc(Cl)[nH]c3c2)no1. The number of H-pyrrole nitrogens is 1. The van der Waals surface area contributed by atoms with Gasteiger partial charge in [-0.1, -0.05) is 5.16 Å². The number of nitrogens with zero attached hydrogens (tertiary/aromatic N) is 2. The predicted molar refractivity (Wildman–Crippen MR) is 70.3 cm³/mol. The lowest BCUT2D eigenvalue weighted by molar-refractivity contribution is 0.101. The van der Waals surface area contributed by atoms with Gasteiger partial charge in [-0.2, -0.15) is 0 Å². The molecule has 0 aliphatic carbocycles. The number of nitrogens with one attached hydrogen (secondary N) is 2. The number of aryl methyl sites for hydroxylation is 1. The maximum absolute atomic E-state index is 11.9. The molecule has 2 N–H and O–H groups in total. The van der Waals surface area contributed by atoms with Crippen LogP contribution < -0.4 is 5.32 Å². The molecule has 0 radical (unpaired) electrons. The minimum Gasteiger partial charge on any atom is -0.361 e. The van der Waals surface area contributed by atoms with E-state index in [0.29, 0.717) is 16.7 Å². The van der Waals surface area contributed by atoms with Crippen LogP contribution in [0.15, 0.2) is 28.8 Å². The van der Waals surface area contributed by atoms with Gasteiger partial charge < -0.3 is 14.8 Å². The van der Waals surface area contributed by atoms with Crippen LogP contribution in [0, 0.1) is 6.92 Å². The van der Waals surface area contributed by atoms with E-state index < -0.39 is 0 Å². The average Bonchev–Trinajstić information content (AvgIpc) is 2.93. The second-order valence-electron chi connectivity index (χ2n) is 4.04. The molecule has 19 heavy (non-hydrogen) atoms. The Morgan fingerprint density at radius 2 is 2.26 bits per heavy atom. The van der Waals surface area contributed by atoms with Gasteiger partial charge >= 0.3 is 0 Å². The van der Waals surface area contributed by atoms with E-state index in [1.165, 1.54) is 0 Å². The van der Waals surface area contributed by atoms with Gasteiger partial charge in [0.25, 0.3) is 5.91 Å². The Kier molecular flexibility index (Phi) is 2.72. The summed E-state index contributed by atoms with van der Waals surface area (Å²) >= 11 is 5.76. The Morgan fingerprint density at radius 1 is 1.42 bits per heavy atom. The molecule has 0 bridgehead atoms. The number of carbonyl (C=O) groups excluding carboxylic acids is 1. The highest BCUT2D eigenvalue weighted by atomic mass is 35.5. The largest absolute Gasteiger partial charge is 0.361 e. The Bertz CT molecular complexity index is 762. The molecule has 3 rings (SSSR count). The van der Waals surface area contributed by atoms with Crippen molar-refractivity contribution in [2.24, 2.45) is 0 Å². The zero-order valence-electron chi connectivity index (χ0n) is 9.90. The smallest absolute Gasteiger partial charge is 0.277 e. The molecule has 6 nitrogen and oxygen atoms in total.